The number of piperidine rings is 2. The monoisotopic (exact) mass is 432 g/mol. The minimum atomic E-state index is 0.0799. The van der Waals surface area contributed by atoms with Crippen molar-refractivity contribution >= 4 is 29.1 Å². The van der Waals surface area contributed by atoms with E-state index in [-0.39, 0.29) is 18.2 Å². The third-order valence-corrected chi connectivity index (χ3v) is 6.64. The molecule has 6 rings (SSSR count). The van der Waals surface area contributed by atoms with Crippen LogP contribution in [0.15, 0.2) is 29.0 Å². The molecular weight excluding hydrogens is 415 g/mol. The number of benzene rings is 1. The Balaban J connectivity index is 1.27. The van der Waals surface area contributed by atoms with Gasteiger partial charge in [-0.05, 0) is 36.5 Å². The van der Waals surface area contributed by atoms with E-state index in [1.54, 1.807) is 23.9 Å². The molecule has 3 aliphatic rings. The van der Waals surface area contributed by atoms with Gasteiger partial charge in [-0.25, -0.2) is 4.98 Å². The molecule has 0 spiro atoms. The fourth-order valence-corrected chi connectivity index (χ4v) is 4.64. The van der Waals surface area contributed by atoms with E-state index in [9.17, 15) is 4.79 Å². The first-order chi connectivity index (χ1) is 14.0. The Bertz CT molecular complexity index is 1070. The van der Waals surface area contributed by atoms with Crippen LogP contribution in [-0.2, 0) is 18.3 Å². The van der Waals surface area contributed by atoms with Gasteiger partial charge in [-0.2, -0.15) is 10.1 Å². The molecule has 8 nitrogen and oxygen atoms in total. The van der Waals surface area contributed by atoms with Crippen molar-refractivity contribution in [1.82, 2.24) is 29.8 Å². The Labute approximate surface area is 176 Å². The second kappa shape index (κ2) is 7.11. The highest BCUT2D eigenvalue weighted by molar-refractivity contribution is 6.42. The maximum atomic E-state index is 12.6. The lowest BCUT2D eigenvalue weighted by molar-refractivity contribution is -0.139. The lowest BCUT2D eigenvalue weighted by Crippen LogP contribution is -2.56. The van der Waals surface area contributed by atoms with E-state index in [1.807, 2.05) is 11.0 Å². The highest BCUT2D eigenvalue weighted by Crippen LogP contribution is 2.51. The van der Waals surface area contributed by atoms with Gasteiger partial charge in [0.05, 0.1) is 16.5 Å². The van der Waals surface area contributed by atoms with Crippen LogP contribution < -0.4 is 0 Å². The van der Waals surface area contributed by atoms with Crippen molar-refractivity contribution in [3.63, 3.8) is 0 Å². The van der Waals surface area contributed by atoms with Crippen LogP contribution in [0, 0.1) is 11.8 Å². The molecule has 29 heavy (non-hydrogen) atoms. The van der Waals surface area contributed by atoms with E-state index < -0.39 is 0 Å². The van der Waals surface area contributed by atoms with E-state index in [4.69, 9.17) is 27.7 Å². The van der Waals surface area contributed by atoms with Gasteiger partial charge in [0.15, 0.2) is 0 Å². The van der Waals surface area contributed by atoms with Gasteiger partial charge in [0.25, 0.3) is 0 Å². The van der Waals surface area contributed by atoms with E-state index in [0.717, 1.165) is 12.0 Å². The summed E-state index contributed by atoms with van der Waals surface area (Å²) in [6, 6.07) is 5.26. The first-order valence-corrected chi connectivity index (χ1v) is 10.1. The summed E-state index contributed by atoms with van der Waals surface area (Å²) in [5, 5.41) is 9.07. The molecule has 10 heteroatoms. The summed E-state index contributed by atoms with van der Waals surface area (Å²) in [6.45, 7) is 1.39. The minimum absolute atomic E-state index is 0.0799. The van der Waals surface area contributed by atoms with Crippen molar-refractivity contribution in [2.45, 2.75) is 18.8 Å². The molecule has 2 aliphatic heterocycles. The largest absolute Gasteiger partial charge is 0.342 e. The average molecular weight is 433 g/mol. The first-order valence-electron chi connectivity index (χ1n) is 9.39. The average Bonchev–Trinajstić information content (AvgIpc) is 3.33. The zero-order chi connectivity index (χ0) is 20.1. The Hall–Kier alpha value is -2.45. The molecule has 150 valence electrons. The van der Waals surface area contributed by atoms with Crippen LogP contribution in [0.25, 0.3) is 11.4 Å². The molecule has 3 aromatic rings. The topological polar surface area (TPSA) is 89.9 Å². The number of carbonyl (C=O) groups excluding carboxylic acids is 1. The number of hydrogen-bond donors (Lipinski definition) is 0. The van der Waals surface area contributed by atoms with Gasteiger partial charge in [0.1, 0.15) is 12.2 Å². The van der Waals surface area contributed by atoms with Crippen LogP contribution in [0.5, 0.6) is 0 Å². The molecule has 2 bridgehead atoms. The standard InChI is InChI=1S/C19H18Cl2N6O2/c1-26-15(22-9-23-26)6-16(28)27-7-11-4-12(8-27)17(11)19-24-18(25-29-19)10-2-3-13(20)14(21)5-10/h2-3,5,9,11-12,17H,4,6-8H2,1H3. The summed E-state index contributed by atoms with van der Waals surface area (Å²) in [5.41, 5.74) is 0.763. The summed E-state index contributed by atoms with van der Waals surface area (Å²) in [4.78, 5) is 23.3. The van der Waals surface area contributed by atoms with Gasteiger partial charge in [-0.15, -0.1) is 0 Å². The lowest BCUT2D eigenvalue weighted by atomic mass is 9.61. The molecule has 2 atom stereocenters. The number of hydrogen-bond acceptors (Lipinski definition) is 6. The number of aryl methyl sites for hydroxylation is 1. The number of halogens is 2. The fraction of sp³-hybridized carbons (Fsp3) is 0.421. The quantitative estimate of drug-likeness (QED) is 0.629. The smallest absolute Gasteiger partial charge is 0.230 e. The Morgan fingerprint density at radius 3 is 2.72 bits per heavy atom. The summed E-state index contributed by atoms with van der Waals surface area (Å²) in [6.07, 6.45) is 2.80. The maximum absolute atomic E-state index is 12.6. The van der Waals surface area contributed by atoms with Gasteiger partial charge in [0.2, 0.25) is 17.6 Å². The van der Waals surface area contributed by atoms with Crippen molar-refractivity contribution in [3.8, 4) is 11.4 Å². The molecular formula is C19H18Cl2N6O2. The summed E-state index contributed by atoms with van der Waals surface area (Å²) >= 11 is 12.1. The van der Waals surface area contributed by atoms with Crippen LogP contribution >= 0.6 is 23.2 Å². The minimum Gasteiger partial charge on any atom is -0.342 e. The van der Waals surface area contributed by atoms with Crippen molar-refractivity contribution in [1.29, 1.82) is 0 Å². The molecule has 1 saturated carbocycles. The predicted molar refractivity (Wildman–Crippen MR) is 105 cm³/mol. The molecule has 1 aliphatic carbocycles. The van der Waals surface area contributed by atoms with E-state index in [1.165, 1.54) is 6.33 Å². The molecule has 1 aromatic carbocycles. The first kappa shape index (κ1) is 18.6. The Morgan fingerprint density at radius 1 is 1.24 bits per heavy atom. The normalized spacial score (nSPS) is 23.1. The van der Waals surface area contributed by atoms with Gasteiger partial charge >= 0.3 is 0 Å². The number of amides is 1. The molecule has 4 heterocycles. The summed E-state index contributed by atoms with van der Waals surface area (Å²) in [7, 11) is 1.79. The number of carbonyl (C=O) groups is 1. The third kappa shape index (κ3) is 3.30. The molecule has 1 amide bonds. The van der Waals surface area contributed by atoms with Crippen LogP contribution in [0.2, 0.25) is 10.0 Å². The number of nitrogens with zero attached hydrogens (tertiary/aromatic N) is 6. The van der Waals surface area contributed by atoms with Gasteiger partial charge in [-0.3, -0.25) is 9.48 Å². The van der Waals surface area contributed by atoms with Crippen molar-refractivity contribution in [2.24, 2.45) is 18.9 Å². The highest BCUT2D eigenvalue weighted by atomic mass is 35.5. The second-order valence-corrected chi connectivity index (χ2v) is 8.46. The van der Waals surface area contributed by atoms with Crippen molar-refractivity contribution in [2.75, 3.05) is 13.1 Å². The van der Waals surface area contributed by atoms with E-state index >= 15 is 0 Å². The van der Waals surface area contributed by atoms with Crippen molar-refractivity contribution < 1.29 is 9.32 Å². The fourth-order valence-electron chi connectivity index (χ4n) is 4.35. The van der Waals surface area contributed by atoms with E-state index in [0.29, 0.717) is 52.5 Å². The van der Waals surface area contributed by atoms with E-state index in [2.05, 4.69) is 20.2 Å². The Morgan fingerprint density at radius 2 is 2.03 bits per heavy atom. The summed E-state index contributed by atoms with van der Waals surface area (Å²) in [5.74, 6) is 2.74. The maximum Gasteiger partial charge on any atom is 0.230 e. The zero-order valence-electron chi connectivity index (χ0n) is 15.6. The van der Waals surface area contributed by atoms with Crippen LogP contribution in [-0.4, -0.2) is 48.8 Å². The Kier molecular flexibility index (Phi) is 4.55. The number of aromatic nitrogens is 5. The molecule has 3 fully saturated rings. The lowest BCUT2D eigenvalue weighted by Gasteiger charge is -2.52. The van der Waals surface area contributed by atoms with Gasteiger partial charge in [0, 0.05) is 31.6 Å². The molecule has 2 saturated heterocycles. The SMILES string of the molecule is Cn1ncnc1CC(=O)N1CC2CC(C1)C2c1nc(-c2ccc(Cl)c(Cl)c2)no1. The summed E-state index contributed by atoms with van der Waals surface area (Å²) < 4.78 is 7.20. The van der Waals surface area contributed by atoms with Crippen LogP contribution in [0.3, 0.4) is 0 Å². The van der Waals surface area contributed by atoms with Crippen molar-refractivity contribution in [3.05, 3.63) is 46.3 Å². The molecule has 2 aromatic heterocycles. The number of rotatable bonds is 4. The van der Waals surface area contributed by atoms with Gasteiger partial charge < -0.3 is 9.42 Å². The van der Waals surface area contributed by atoms with Crippen LogP contribution in [0.1, 0.15) is 24.1 Å². The number of fused-ring (bicyclic) bond motifs is 2. The molecule has 0 radical (unpaired) electrons. The predicted octanol–water partition coefficient (Wildman–Crippen LogP) is 2.98. The van der Waals surface area contributed by atoms with Crippen LogP contribution in [0.4, 0.5) is 0 Å². The zero-order valence-corrected chi connectivity index (χ0v) is 17.1. The highest BCUT2D eigenvalue weighted by Gasteiger charge is 2.51. The second-order valence-electron chi connectivity index (χ2n) is 7.64. The third-order valence-electron chi connectivity index (χ3n) is 5.90. The van der Waals surface area contributed by atoms with Gasteiger partial charge in [-0.1, -0.05) is 28.4 Å². The molecule has 2 unspecified atom stereocenters. The molecule has 0 N–H and O–H groups in total.